The van der Waals surface area contributed by atoms with Crippen molar-refractivity contribution in [2.24, 2.45) is 5.73 Å². The van der Waals surface area contributed by atoms with E-state index in [1.807, 2.05) is 36.1 Å². The van der Waals surface area contributed by atoms with Crippen LogP contribution in [0.25, 0.3) is 0 Å². The fourth-order valence-corrected chi connectivity index (χ4v) is 2.95. The number of benzene rings is 1. The summed E-state index contributed by atoms with van der Waals surface area (Å²) in [6, 6.07) is 7.60. The Bertz CT molecular complexity index is 502. The monoisotopic (exact) mass is 354 g/mol. The van der Waals surface area contributed by atoms with Crippen molar-refractivity contribution in [1.82, 2.24) is 4.90 Å². The Morgan fingerprint density at radius 2 is 2.05 bits per heavy atom. The highest BCUT2D eigenvalue weighted by Crippen LogP contribution is 2.25. The molecule has 3 unspecified atom stereocenters. The second-order valence-electron chi connectivity index (χ2n) is 5.90. The van der Waals surface area contributed by atoms with Crippen LogP contribution in [0.4, 0.5) is 0 Å². The van der Waals surface area contributed by atoms with E-state index in [-0.39, 0.29) is 18.1 Å². The number of halogens is 1. The predicted octanol–water partition coefficient (Wildman–Crippen LogP) is 2.65. The van der Waals surface area contributed by atoms with Gasteiger partial charge in [-0.1, -0.05) is 35.0 Å². The van der Waals surface area contributed by atoms with E-state index in [1.165, 1.54) is 0 Å². The number of ether oxygens (including phenoxy) is 1. The maximum atomic E-state index is 12.8. The Morgan fingerprint density at radius 3 is 2.62 bits per heavy atom. The zero-order chi connectivity index (χ0) is 15.6. The van der Waals surface area contributed by atoms with E-state index < -0.39 is 5.54 Å². The quantitative estimate of drug-likeness (QED) is 0.907. The van der Waals surface area contributed by atoms with Gasteiger partial charge in [0.05, 0.1) is 12.2 Å². The molecule has 1 aromatic rings. The van der Waals surface area contributed by atoms with Crippen LogP contribution >= 0.6 is 15.9 Å². The summed E-state index contributed by atoms with van der Waals surface area (Å²) in [7, 11) is 0. The second kappa shape index (κ2) is 6.46. The summed E-state index contributed by atoms with van der Waals surface area (Å²) in [4.78, 5) is 14.7. The summed E-state index contributed by atoms with van der Waals surface area (Å²) < 4.78 is 6.78. The van der Waals surface area contributed by atoms with E-state index >= 15 is 0 Å². The average molecular weight is 355 g/mol. The second-order valence-corrected chi connectivity index (χ2v) is 6.81. The van der Waals surface area contributed by atoms with Crippen LogP contribution in [0, 0.1) is 0 Å². The van der Waals surface area contributed by atoms with Gasteiger partial charge in [0, 0.05) is 17.6 Å². The summed E-state index contributed by atoms with van der Waals surface area (Å²) in [5, 5.41) is 0. The number of hydrogen-bond donors (Lipinski definition) is 1. The molecule has 0 radical (unpaired) electrons. The fraction of sp³-hybridized carbons (Fsp3) is 0.562. The lowest BCUT2D eigenvalue weighted by atomic mass is 9.91. The Morgan fingerprint density at radius 1 is 1.43 bits per heavy atom. The molecule has 1 fully saturated rings. The van der Waals surface area contributed by atoms with Crippen molar-refractivity contribution >= 4 is 21.8 Å². The zero-order valence-electron chi connectivity index (χ0n) is 12.8. The van der Waals surface area contributed by atoms with Gasteiger partial charge in [-0.3, -0.25) is 4.79 Å². The molecule has 0 spiro atoms. The first-order valence-corrected chi connectivity index (χ1v) is 8.13. The third kappa shape index (κ3) is 3.65. The van der Waals surface area contributed by atoms with Gasteiger partial charge in [0.1, 0.15) is 5.54 Å². The third-order valence-corrected chi connectivity index (χ3v) is 4.49. The minimum Gasteiger partial charge on any atom is -0.372 e. The predicted molar refractivity (Wildman–Crippen MR) is 86.9 cm³/mol. The van der Waals surface area contributed by atoms with Gasteiger partial charge in [0.25, 0.3) is 0 Å². The van der Waals surface area contributed by atoms with Gasteiger partial charge in [0.2, 0.25) is 5.91 Å². The smallest absolute Gasteiger partial charge is 0.247 e. The maximum absolute atomic E-state index is 12.8. The Labute approximate surface area is 134 Å². The molecule has 21 heavy (non-hydrogen) atoms. The van der Waals surface area contributed by atoms with Crippen LogP contribution in [0.3, 0.4) is 0 Å². The molecule has 0 aliphatic carbocycles. The van der Waals surface area contributed by atoms with Crippen molar-refractivity contribution in [3.05, 3.63) is 34.3 Å². The highest BCUT2D eigenvalue weighted by atomic mass is 79.9. The lowest BCUT2D eigenvalue weighted by Crippen LogP contribution is -2.57. The molecule has 1 aliphatic heterocycles. The van der Waals surface area contributed by atoms with Crippen molar-refractivity contribution in [1.29, 1.82) is 0 Å². The number of carbonyl (C=O) groups is 1. The number of rotatable bonds is 3. The number of carbonyl (C=O) groups excluding carboxylic acids is 1. The van der Waals surface area contributed by atoms with Gasteiger partial charge < -0.3 is 15.4 Å². The zero-order valence-corrected chi connectivity index (χ0v) is 14.4. The van der Waals surface area contributed by atoms with Gasteiger partial charge in [-0.25, -0.2) is 0 Å². The molecular formula is C16H23BrN2O2. The molecular weight excluding hydrogens is 332 g/mol. The molecule has 5 heteroatoms. The van der Waals surface area contributed by atoms with Crippen molar-refractivity contribution < 1.29 is 9.53 Å². The highest BCUT2D eigenvalue weighted by molar-refractivity contribution is 9.10. The summed E-state index contributed by atoms with van der Waals surface area (Å²) in [5.74, 6) is -0.0431. The van der Waals surface area contributed by atoms with E-state index in [4.69, 9.17) is 10.5 Å². The SMILES string of the molecule is CCC1CN(C(=O)C(C)(N)c2ccc(Br)cc2)CC(C)O1. The van der Waals surface area contributed by atoms with Crippen molar-refractivity contribution in [3.63, 3.8) is 0 Å². The van der Waals surface area contributed by atoms with Crippen molar-refractivity contribution in [2.45, 2.75) is 44.9 Å². The summed E-state index contributed by atoms with van der Waals surface area (Å²) in [6.45, 7) is 7.05. The van der Waals surface area contributed by atoms with E-state index in [0.717, 1.165) is 16.5 Å². The molecule has 1 amide bonds. The number of nitrogens with zero attached hydrogens (tertiary/aromatic N) is 1. The van der Waals surface area contributed by atoms with Crippen LogP contribution in [-0.2, 0) is 15.1 Å². The van der Waals surface area contributed by atoms with Gasteiger partial charge in [-0.05, 0) is 38.0 Å². The highest BCUT2D eigenvalue weighted by Gasteiger charge is 2.37. The van der Waals surface area contributed by atoms with Crippen LogP contribution in [0.15, 0.2) is 28.7 Å². The van der Waals surface area contributed by atoms with Crippen LogP contribution in [0.2, 0.25) is 0 Å². The molecule has 4 nitrogen and oxygen atoms in total. The Balaban J connectivity index is 2.19. The first kappa shape index (κ1) is 16.5. The van der Waals surface area contributed by atoms with Gasteiger partial charge in [-0.2, -0.15) is 0 Å². The van der Waals surface area contributed by atoms with Gasteiger partial charge >= 0.3 is 0 Å². The van der Waals surface area contributed by atoms with E-state index in [2.05, 4.69) is 22.9 Å². The standard InChI is InChI=1S/C16H23BrN2O2/c1-4-14-10-19(9-11(2)21-14)15(20)16(3,18)12-5-7-13(17)8-6-12/h5-8,11,14H,4,9-10,18H2,1-3H3. The van der Waals surface area contributed by atoms with Gasteiger partial charge in [-0.15, -0.1) is 0 Å². The number of nitrogens with two attached hydrogens (primary N) is 1. The van der Waals surface area contributed by atoms with E-state index in [1.54, 1.807) is 6.92 Å². The molecule has 1 aromatic carbocycles. The number of amides is 1. The first-order chi connectivity index (χ1) is 9.84. The minimum atomic E-state index is -1.02. The van der Waals surface area contributed by atoms with Gasteiger partial charge in [0.15, 0.2) is 0 Å². The number of morpholine rings is 1. The number of hydrogen-bond acceptors (Lipinski definition) is 3. The topological polar surface area (TPSA) is 55.6 Å². The summed E-state index contributed by atoms with van der Waals surface area (Å²) in [5.41, 5.74) is 6.15. The summed E-state index contributed by atoms with van der Waals surface area (Å²) in [6.07, 6.45) is 1.04. The molecule has 1 aliphatic rings. The third-order valence-electron chi connectivity index (χ3n) is 3.96. The molecule has 1 heterocycles. The molecule has 1 saturated heterocycles. The maximum Gasteiger partial charge on any atom is 0.247 e. The Kier molecular flexibility index (Phi) is 5.07. The summed E-state index contributed by atoms with van der Waals surface area (Å²) >= 11 is 3.40. The molecule has 2 rings (SSSR count). The average Bonchev–Trinajstić information content (AvgIpc) is 2.46. The van der Waals surface area contributed by atoms with Crippen LogP contribution in [0.1, 0.15) is 32.8 Å². The first-order valence-electron chi connectivity index (χ1n) is 7.34. The van der Waals surface area contributed by atoms with Crippen molar-refractivity contribution in [2.75, 3.05) is 13.1 Å². The van der Waals surface area contributed by atoms with Crippen LogP contribution < -0.4 is 5.73 Å². The molecule has 0 bridgehead atoms. The van der Waals surface area contributed by atoms with Crippen LogP contribution in [-0.4, -0.2) is 36.1 Å². The van der Waals surface area contributed by atoms with E-state index in [0.29, 0.717) is 13.1 Å². The lowest BCUT2D eigenvalue weighted by molar-refractivity contribution is -0.149. The molecule has 116 valence electrons. The van der Waals surface area contributed by atoms with E-state index in [9.17, 15) is 4.79 Å². The molecule has 0 aromatic heterocycles. The largest absolute Gasteiger partial charge is 0.372 e. The normalized spacial score (nSPS) is 25.5. The fourth-order valence-electron chi connectivity index (χ4n) is 2.68. The van der Waals surface area contributed by atoms with Crippen LogP contribution in [0.5, 0.6) is 0 Å². The van der Waals surface area contributed by atoms with Crippen molar-refractivity contribution in [3.8, 4) is 0 Å². The minimum absolute atomic E-state index is 0.0431. The Hall–Kier alpha value is -0.910. The molecule has 3 atom stereocenters. The molecule has 0 saturated carbocycles. The molecule has 2 N–H and O–H groups in total. The lowest BCUT2D eigenvalue weighted by Gasteiger charge is -2.40.